The van der Waals surface area contributed by atoms with Gasteiger partial charge in [-0.1, -0.05) is 28.2 Å². The van der Waals surface area contributed by atoms with Crippen molar-refractivity contribution in [3.05, 3.63) is 63.4 Å². The van der Waals surface area contributed by atoms with E-state index in [1.54, 1.807) is 23.7 Å². The number of amides is 1. The van der Waals surface area contributed by atoms with Gasteiger partial charge in [-0.3, -0.25) is 9.48 Å². The molecule has 8 heteroatoms. The van der Waals surface area contributed by atoms with Gasteiger partial charge in [-0.05, 0) is 42.2 Å². The van der Waals surface area contributed by atoms with Crippen LogP contribution in [0.3, 0.4) is 0 Å². The quantitative estimate of drug-likeness (QED) is 0.787. The molecule has 0 fully saturated rings. The van der Waals surface area contributed by atoms with E-state index in [0.717, 1.165) is 22.8 Å². The van der Waals surface area contributed by atoms with Gasteiger partial charge in [-0.15, -0.1) is 5.10 Å². The Hall–Kier alpha value is -2.25. The number of carbonyl (C=O) groups is 1. The van der Waals surface area contributed by atoms with E-state index in [1.807, 2.05) is 31.4 Å². The molecule has 1 unspecified atom stereocenters. The number of nitrogens with zero attached hydrogens (tertiary/aromatic N) is 4. The highest BCUT2D eigenvalue weighted by molar-refractivity contribution is 7.08. The summed E-state index contributed by atoms with van der Waals surface area (Å²) in [6, 6.07) is 8.83. The summed E-state index contributed by atoms with van der Waals surface area (Å²) < 4.78 is 5.50. The van der Waals surface area contributed by atoms with E-state index < -0.39 is 0 Å². The normalized spacial score (nSPS) is 12.1. The van der Waals surface area contributed by atoms with E-state index in [2.05, 4.69) is 20.0 Å². The highest BCUT2D eigenvalue weighted by Gasteiger charge is 2.22. The van der Waals surface area contributed by atoms with E-state index >= 15 is 0 Å². The lowest BCUT2D eigenvalue weighted by Crippen LogP contribution is -2.29. The van der Waals surface area contributed by atoms with Gasteiger partial charge in [0.25, 0.3) is 5.91 Å². The van der Waals surface area contributed by atoms with Crippen molar-refractivity contribution in [3.63, 3.8) is 0 Å². The zero-order valence-electron chi connectivity index (χ0n) is 12.5. The van der Waals surface area contributed by atoms with Gasteiger partial charge in [-0.25, -0.2) is 0 Å². The van der Waals surface area contributed by atoms with Gasteiger partial charge < -0.3 is 5.32 Å². The van der Waals surface area contributed by atoms with Gasteiger partial charge >= 0.3 is 0 Å². The molecule has 0 aliphatic rings. The Morgan fingerprint density at radius 2 is 2.04 bits per heavy atom. The van der Waals surface area contributed by atoms with Crippen LogP contribution in [0.4, 0.5) is 0 Å². The van der Waals surface area contributed by atoms with Crippen LogP contribution in [-0.4, -0.2) is 25.3 Å². The van der Waals surface area contributed by atoms with Crippen molar-refractivity contribution in [1.82, 2.24) is 24.7 Å². The van der Waals surface area contributed by atoms with Crippen LogP contribution in [0.25, 0.3) is 0 Å². The third-order valence-electron chi connectivity index (χ3n) is 3.37. The van der Waals surface area contributed by atoms with Crippen LogP contribution in [-0.2, 0) is 7.05 Å². The van der Waals surface area contributed by atoms with Crippen molar-refractivity contribution in [2.75, 3.05) is 0 Å². The summed E-state index contributed by atoms with van der Waals surface area (Å²) >= 11 is 7.03. The Morgan fingerprint density at radius 1 is 1.30 bits per heavy atom. The molecule has 0 radical (unpaired) electrons. The Kier molecular flexibility index (Phi) is 4.40. The molecule has 3 aromatic rings. The maximum Gasteiger partial charge on any atom is 0.265 e. The van der Waals surface area contributed by atoms with Crippen LogP contribution in [0, 0.1) is 6.92 Å². The number of carbonyl (C=O) groups excluding carboxylic acids is 1. The molecule has 23 heavy (non-hydrogen) atoms. The Bertz CT molecular complexity index is 827. The molecule has 0 aliphatic carbocycles. The summed E-state index contributed by atoms with van der Waals surface area (Å²) in [7, 11) is 1.83. The standard InChI is InChI=1S/C15H14ClN5OS/c1-9-14(23-20-18-9)15(22)17-13(12-7-8-21(2)19-12)10-3-5-11(16)6-4-10/h3-8,13H,1-2H3,(H,17,22). The minimum absolute atomic E-state index is 0.219. The summed E-state index contributed by atoms with van der Waals surface area (Å²) in [4.78, 5) is 13.0. The number of aryl methyl sites for hydroxylation is 2. The zero-order valence-corrected chi connectivity index (χ0v) is 14.1. The minimum atomic E-state index is -0.373. The van der Waals surface area contributed by atoms with Gasteiger partial charge in [0.15, 0.2) is 0 Å². The van der Waals surface area contributed by atoms with Crippen molar-refractivity contribution in [3.8, 4) is 0 Å². The Balaban J connectivity index is 1.94. The topological polar surface area (TPSA) is 72.7 Å². The van der Waals surface area contributed by atoms with Gasteiger partial charge in [0.05, 0.1) is 17.4 Å². The molecule has 2 heterocycles. The summed E-state index contributed by atoms with van der Waals surface area (Å²) in [6.07, 6.45) is 1.84. The maximum absolute atomic E-state index is 12.5. The van der Waals surface area contributed by atoms with Gasteiger partial charge in [-0.2, -0.15) is 5.10 Å². The van der Waals surface area contributed by atoms with Crippen molar-refractivity contribution in [2.45, 2.75) is 13.0 Å². The molecule has 6 nitrogen and oxygen atoms in total. The van der Waals surface area contributed by atoms with Crippen LogP contribution in [0.2, 0.25) is 5.02 Å². The monoisotopic (exact) mass is 347 g/mol. The third-order valence-corrected chi connectivity index (χ3v) is 4.45. The zero-order chi connectivity index (χ0) is 16.4. The second kappa shape index (κ2) is 6.47. The fourth-order valence-electron chi connectivity index (χ4n) is 2.21. The lowest BCUT2D eigenvalue weighted by Gasteiger charge is -2.17. The predicted octanol–water partition coefficient (Wildman–Crippen LogP) is 2.75. The van der Waals surface area contributed by atoms with Crippen LogP contribution < -0.4 is 5.32 Å². The first-order valence-corrected chi connectivity index (χ1v) is 8.04. The second-order valence-electron chi connectivity index (χ2n) is 5.06. The highest BCUT2D eigenvalue weighted by atomic mass is 35.5. The van der Waals surface area contributed by atoms with Gasteiger partial charge in [0, 0.05) is 18.3 Å². The Labute approximate surface area is 142 Å². The van der Waals surface area contributed by atoms with Gasteiger partial charge in [0.1, 0.15) is 4.88 Å². The van der Waals surface area contributed by atoms with Crippen LogP contribution >= 0.6 is 23.1 Å². The number of halogens is 1. The highest BCUT2D eigenvalue weighted by Crippen LogP contribution is 2.23. The third kappa shape index (κ3) is 3.40. The molecule has 2 aromatic heterocycles. The second-order valence-corrected chi connectivity index (χ2v) is 6.25. The molecule has 0 saturated carbocycles. The van der Waals surface area contributed by atoms with Crippen molar-refractivity contribution < 1.29 is 4.79 Å². The first-order chi connectivity index (χ1) is 11.0. The average molecular weight is 348 g/mol. The van der Waals surface area contributed by atoms with Crippen molar-refractivity contribution >= 4 is 29.0 Å². The van der Waals surface area contributed by atoms with Crippen LogP contribution in [0.5, 0.6) is 0 Å². The molecule has 0 saturated heterocycles. The van der Waals surface area contributed by atoms with Gasteiger partial charge in [0.2, 0.25) is 0 Å². The molecule has 1 atom stereocenters. The largest absolute Gasteiger partial charge is 0.339 e. The predicted molar refractivity (Wildman–Crippen MR) is 88.6 cm³/mol. The molecule has 1 aromatic carbocycles. The number of aromatic nitrogens is 4. The molecular weight excluding hydrogens is 334 g/mol. The first-order valence-electron chi connectivity index (χ1n) is 6.89. The molecule has 0 bridgehead atoms. The number of benzene rings is 1. The molecule has 0 spiro atoms. The Morgan fingerprint density at radius 3 is 2.61 bits per heavy atom. The van der Waals surface area contributed by atoms with Crippen LogP contribution in [0.15, 0.2) is 36.5 Å². The summed E-state index contributed by atoms with van der Waals surface area (Å²) in [5.41, 5.74) is 2.26. The fourth-order valence-corrected chi connectivity index (χ4v) is 2.89. The summed E-state index contributed by atoms with van der Waals surface area (Å²) in [5, 5.41) is 11.9. The molecule has 1 amide bonds. The maximum atomic E-state index is 12.5. The number of nitrogens with one attached hydrogen (secondary N) is 1. The van der Waals surface area contributed by atoms with E-state index in [0.29, 0.717) is 15.6 Å². The molecule has 1 N–H and O–H groups in total. The molecular formula is C15H14ClN5OS. The average Bonchev–Trinajstić information content (AvgIpc) is 3.14. The van der Waals surface area contributed by atoms with E-state index in [4.69, 9.17) is 11.6 Å². The van der Waals surface area contributed by atoms with Crippen molar-refractivity contribution in [1.29, 1.82) is 0 Å². The fraction of sp³-hybridized carbons (Fsp3) is 0.200. The van der Waals surface area contributed by atoms with E-state index in [1.165, 1.54) is 0 Å². The first kappa shape index (κ1) is 15.6. The van der Waals surface area contributed by atoms with Crippen molar-refractivity contribution in [2.24, 2.45) is 7.05 Å². The lowest BCUT2D eigenvalue weighted by molar-refractivity contribution is 0.0945. The lowest BCUT2D eigenvalue weighted by atomic mass is 10.0. The number of hydrogen-bond acceptors (Lipinski definition) is 5. The van der Waals surface area contributed by atoms with E-state index in [9.17, 15) is 4.79 Å². The summed E-state index contributed by atoms with van der Waals surface area (Å²) in [6.45, 7) is 1.76. The summed E-state index contributed by atoms with van der Waals surface area (Å²) in [5.74, 6) is -0.219. The van der Waals surface area contributed by atoms with Crippen LogP contribution in [0.1, 0.15) is 32.7 Å². The molecule has 3 rings (SSSR count). The van der Waals surface area contributed by atoms with E-state index in [-0.39, 0.29) is 11.9 Å². The number of hydrogen-bond donors (Lipinski definition) is 1. The SMILES string of the molecule is Cc1nnsc1C(=O)NC(c1ccc(Cl)cc1)c1ccn(C)n1. The molecule has 118 valence electrons. The molecule has 0 aliphatic heterocycles. The smallest absolute Gasteiger partial charge is 0.265 e. The minimum Gasteiger partial charge on any atom is -0.339 e. The number of rotatable bonds is 4.